The van der Waals surface area contributed by atoms with Crippen molar-refractivity contribution in [2.75, 3.05) is 39.4 Å². The third-order valence-corrected chi connectivity index (χ3v) is 4.67. The highest BCUT2D eigenvalue weighted by atomic mass is 16.5. The Kier molecular flexibility index (Phi) is 5.08. The summed E-state index contributed by atoms with van der Waals surface area (Å²) in [4.78, 5) is 21.6. The quantitative estimate of drug-likeness (QED) is 0.841. The third kappa shape index (κ3) is 3.26. The van der Waals surface area contributed by atoms with Crippen LogP contribution in [-0.4, -0.2) is 65.6 Å². The maximum absolute atomic E-state index is 12.6. The van der Waals surface area contributed by atoms with Gasteiger partial charge in [0.25, 0.3) is 5.91 Å². The van der Waals surface area contributed by atoms with Gasteiger partial charge in [-0.1, -0.05) is 18.2 Å². The summed E-state index contributed by atoms with van der Waals surface area (Å²) in [6.07, 6.45) is 0.999. The van der Waals surface area contributed by atoms with Crippen LogP contribution in [0.25, 0.3) is 10.9 Å². The van der Waals surface area contributed by atoms with Crippen molar-refractivity contribution in [2.24, 2.45) is 0 Å². The number of nitrogens with zero attached hydrogens (tertiary/aromatic N) is 3. The summed E-state index contributed by atoms with van der Waals surface area (Å²) in [6.45, 7) is 6.11. The standard InChI is InChI=1S/C18H21N3O2.H2O/c22-18-15-12-14-4-1-2-5-16(14)19-17(15)13-21(18)7-3-6-20-8-10-23-11-9-20;/h1-2,4-5,12H,3,6-11,13H2;1H2. The fourth-order valence-corrected chi connectivity index (χ4v) is 3.38. The Morgan fingerprint density at radius 2 is 1.92 bits per heavy atom. The first kappa shape index (κ1) is 16.8. The second-order valence-electron chi connectivity index (χ2n) is 6.21. The van der Waals surface area contributed by atoms with Crippen molar-refractivity contribution in [1.82, 2.24) is 14.8 Å². The van der Waals surface area contributed by atoms with Gasteiger partial charge in [0.15, 0.2) is 0 Å². The van der Waals surface area contributed by atoms with Gasteiger partial charge in [-0.25, -0.2) is 0 Å². The molecule has 0 radical (unpaired) electrons. The van der Waals surface area contributed by atoms with Crippen LogP contribution in [0.4, 0.5) is 0 Å². The van der Waals surface area contributed by atoms with Crippen molar-refractivity contribution in [3.8, 4) is 0 Å². The van der Waals surface area contributed by atoms with Crippen LogP contribution >= 0.6 is 0 Å². The Balaban J connectivity index is 0.00000169. The summed E-state index contributed by atoms with van der Waals surface area (Å²) in [5.41, 5.74) is 2.66. The van der Waals surface area contributed by atoms with E-state index in [1.54, 1.807) is 0 Å². The Morgan fingerprint density at radius 1 is 1.12 bits per heavy atom. The van der Waals surface area contributed by atoms with Crippen LogP contribution in [0.15, 0.2) is 30.3 Å². The van der Waals surface area contributed by atoms with Crippen molar-refractivity contribution in [3.63, 3.8) is 0 Å². The van der Waals surface area contributed by atoms with E-state index in [1.165, 1.54) is 0 Å². The first-order valence-corrected chi connectivity index (χ1v) is 8.29. The predicted octanol–water partition coefficient (Wildman–Crippen LogP) is 1.09. The van der Waals surface area contributed by atoms with Crippen LogP contribution in [0.3, 0.4) is 0 Å². The van der Waals surface area contributed by atoms with Crippen LogP contribution in [-0.2, 0) is 11.3 Å². The molecule has 1 amide bonds. The van der Waals surface area contributed by atoms with E-state index >= 15 is 0 Å². The summed E-state index contributed by atoms with van der Waals surface area (Å²) < 4.78 is 5.36. The van der Waals surface area contributed by atoms with Gasteiger partial charge in [-0.2, -0.15) is 0 Å². The lowest BCUT2D eigenvalue weighted by Crippen LogP contribution is -2.38. The molecule has 3 heterocycles. The number of amides is 1. The normalized spacial score (nSPS) is 17.8. The van der Waals surface area contributed by atoms with Crippen LogP contribution < -0.4 is 0 Å². The van der Waals surface area contributed by atoms with E-state index < -0.39 is 0 Å². The molecule has 1 aromatic heterocycles. The smallest absolute Gasteiger partial charge is 0.256 e. The van der Waals surface area contributed by atoms with Crippen molar-refractivity contribution in [1.29, 1.82) is 0 Å². The monoisotopic (exact) mass is 329 g/mol. The Morgan fingerprint density at radius 3 is 2.75 bits per heavy atom. The Labute approximate surface area is 141 Å². The molecule has 1 fully saturated rings. The summed E-state index contributed by atoms with van der Waals surface area (Å²) in [7, 11) is 0. The van der Waals surface area contributed by atoms with Crippen LogP contribution in [0.5, 0.6) is 0 Å². The number of morpholine rings is 1. The first-order chi connectivity index (χ1) is 11.3. The number of aromatic nitrogens is 1. The Hall–Kier alpha value is -2.02. The van der Waals surface area contributed by atoms with E-state index in [-0.39, 0.29) is 11.4 Å². The topological polar surface area (TPSA) is 77.2 Å². The fourth-order valence-electron chi connectivity index (χ4n) is 3.38. The molecule has 4 rings (SSSR count). The highest BCUT2D eigenvalue weighted by molar-refractivity contribution is 6.00. The first-order valence-electron chi connectivity index (χ1n) is 8.29. The van der Waals surface area contributed by atoms with Gasteiger partial charge >= 0.3 is 0 Å². The molecule has 1 aromatic carbocycles. The number of benzene rings is 1. The molecule has 6 heteroatoms. The number of rotatable bonds is 4. The molecule has 0 atom stereocenters. The second-order valence-corrected chi connectivity index (χ2v) is 6.21. The largest absolute Gasteiger partial charge is 0.412 e. The number of fused-ring (bicyclic) bond motifs is 2. The SMILES string of the molecule is O.O=C1c2cc3ccccc3nc2CN1CCCN1CCOCC1. The zero-order chi connectivity index (χ0) is 15.6. The highest BCUT2D eigenvalue weighted by Gasteiger charge is 2.28. The van der Waals surface area contributed by atoms with Gasteiger partial charge in [-0.3, -0.25) is 14.7 Å². The van der Waals surface area contributed by atoms with Gasteiger partial charge < -0.3 is 15.1 Å². The van der Waals surface area contributed by atoms with Crippen molar-refractivity contribution < 1.29 is 15.0 Å². The number of carbonyl (C=O) groups is 1. The van der Waals surface area contributed by atoms with E-state index in [0.29, 0.717) is 6.54 Å². The minimum absolute atomic E-state index is 0. The number of hydrogen-bond acceptors (Lipinski definition) is 4. The number of carbonyl (C=O) groups excluding carboxylic acids is 1. The molecule has 1 saturated heterocycles. The van der Waals surface area contributed by atoms with Crippen molar-refractivity contribution in [3.05, 3.63) is 41.6 Å². The van der Waals surface area contributed by atoms with Crippen molar-refractivity contribution in [2.45, 2.75) is 13.0 Å². The molecular formula is C18H23N3O3. The number of para-hydroxylation sites is 1. The van der Waals surface area contributed by atoms with Gasteiger partial charge in [0.1, 0.15) is 0 Å². The van der Waals surface area contributed by atoms with Gasteiger partial charge in [0.2, 0.25) is 0 Å². The average molecular weight is 329 g/mol. The molecule has 0 saturated carbocycles. The van der Waals surface area contributed by atoms with Gasteiger partial charge in [-0.05, 0) is 18.6 Å². The maximum Gasteiger partial charge on any atom is 0.256 e. The number of hydrogen-bond donors (Lipinski definition) is 0. The van der Waals surface area contributed by atoms with E-state index in [0.717, 1.165) is 68.0 Å². The molecule has 0 spiro atoms. The molecule has 2 aliphatic heterocycles. The Bertz CT molecular complexity index is 729. The van der Waals surface area contributed by atoms with Gasteiger partial charge in [0, 0.05) is 31.6 Å². The van der Waals surface area contributed by atoms with E-state index in [1.807, 2.05) is 35.2 Å². The zero-order valence-corrected chi connectivity index (χ0v) is 13.7. The molecule has 2 aliphatic rings. The minimum Gasteiger partial charge on any atom is -0.412 e. The summed E-state index contributed by atoms with van der Waals surface area (Å²) in [6, 6.07) is 9.97. The molecule has 6 nitrogen and oxygen atoms in total. The number of ether oxygens (including phenoxy) is 1. The summed E-state index contributed by atoms with van der Waals surface area (Å²) in [5, 5.41) is 1.04. The number of pyridine rings is 1. The molecule has 2 N–H and O–H groups in total. The predicted molar refractivity (Wildman–Crippen MR) is 92.0 cm³/mol. The van der Waals surface area contributed by atoms with Gasteiger partial charge in [0.05, 0.1) is 36.5 Å². The molecular weight excluding hydrogens is 306 g/mol. The average Bonchev–Trinajstić information content (AvgIpc) is 2.89. The van der Waals surface area contributed by atoms with Crippen LogP contribution in [0.2, 0.25) is 0 Å². The van der Waals surface area contributed by atoms with E-state index in [2.05, 4.69) is 9.88 Å². The summed E-state index contributed by atoms with van der Waals surface area (Å²) in [5.74, 6) is 0.125. The maximum atomic E-state index is 12.6. The lowest BCUT2D eigenvalue weighted by molar-refractivity contribution is 0.0358. The fraction of sp³-hybridized carbons (Fsp3) is 0.444. The van der Waals surface area contributed by atoms with E-state index in [4.69, 9.17) is 4.74 Å². The van der Waals surface area contributed by atoms with E-state index in [9.17, 15) is 4.79 Å². The minimum atomic E-state index is 0. The van der Waals surface area contributed by atoms with Gasteiger partial charge in [-0.15, -0.1) is 0 Å². The summed E-state index contributed by atoms with van der Waals surface area (Å²) >= 11 is 0. The molecule has 0 bridgehead atoms. The lowest BCUT2D eigenvalue weighted by Gasteiger charge is -2.27. The zero-order valence-electron chi connectivity index (χ0n) is 13.7. The van der Waals surface area contributed by atoms with Crippen LogP contribution in [0.1, 0.15) is 22.5 Å². The molecule has 128 valence electrons. The second kappa shape index (κ2) is 7.25. The van der Waals surface area contributed by atoms with Crippen molar-refractivity contribution >= 4 is 16.8 Å². The molecule has 0 aliphatic carbocycles. The molecule has 24 heavy (non-hydrogen) atoms. The molecule has 2 aromatic rings. The highest BCUT2D eigenvalue weighted by Crippen LogP contribution is 2.25. The molecule has 0 unspecified atom stereocenters. The lowest BCUT2D eigenvalue weighted by atomic mass is 10.1. The van der Waals surface area contributed by atoms with Crippen LogP contribution in [0, 0.1) is 0 Å². The third-order valence-electron chi connectivity index (χ3n) is 4.67.